The largest absolute Gasteiger partial charge is 0.386 e. The van der Waals surface area contributed by atoms with E-state index in [1.54, 1.807) is 12.4 Å². The molecule has 1 rings (SSSR count). The van der Waals surface area contributed by atoms with Gasteiger partial charge in [0.25, 0.3) is 6.21 Å². The van der Waals surface area contributed by atoms with Crippen LogP contribution in [0.25, 0.3) is 0 Å². The summed E-state index contributed by atoms with van der Waals surface area (Å²) in [5.74, 6) is 0. The molecule has 0 fully saturated rings. The fourth-order valence-corrected chi connectivity index (χ4v) is 0.408. The maximum Gasteiger partial charge on any atom is 0.386 e. The zero-order chi connectivity index (χ0) is 3.54. The van der Waals surface area contributed by atoms with Gasteiger partial charge in [-0.2, -0.15) is 0 Å². The zero-order valence-corrected chi connectivity index (χ0v) is 3.27. The summed E-state index contributed by atoms with van der Waals surface area (Å²) < 4.78 is 7.31. The van der Waals surface area contributed by atoms with Crippen LogP contribution in [0, 0.1) is 0 Å². The standard InChI is InChI=1S/C2H2N2S/c1-2-4-5-3-1/h1-2H/q+1. The average molecular weight is 86.1 g/mol. The highest BCUT2D eigenvalue weighted by Crippen LogP contribution is 1.91. The van der Waals surface area contributed by atoms with Crippen LogP contribution in [0.2, 0.25) is 0 Å². The summed E-state index contributed by atoms with van der Waals surface area (Å²) in [6.07, 6.45) is 3.31. The lowest BCUT2D eigenvalue weighted by Gasteiger charge is -1.39. The van der Waals surface area contributed by atoms with Gasteiger partial charge in [0, 0.05) is 0 Å². The van der Waals surface area contributed by atoms with Crippen LogP contribution in [0.4, 0.5) is 0 Å². The lowest BCUT2D eigenvalue weighted by molar-refractivity contribution is 1.75. The summed E-state index contributed by atoms with van der Waals surface area (Å²) in [7, 11) is 0. The first-order chi connectivity index (χ1) is 2.50. The summed E-state index contributed by atoms with van der Waals surface area (Å²) in [5.41, 5.74) is 0. The Labute approximate surface area is 34.3 Å². The van der Waals surface area contributed by atoms with E-state index < -0.39 is 0 Å². The highest BCUT2D eigenvalue weighted by Gasteiger charge is 1.95. The lowest BCUT2D eigenvalue weighted by atomic mass is 10.9. The minimum atomic E-state index is 1.21. The molecule has 1 aliphatic rings. The Bertz CT molecular complexity index is 65.7. The van der Waals surface area contributed by atoms with E-state index in [0.29, 0.717) is 0 Å². The number of hydrogen-bond donors (Lipinski definition) is 0. The van der Waals surface area contributed by atoms with Crippen LogP contribution in [0.5, 0.6) is 0 Å². The van der Waals surface area contributed by atoms with E-state index in [2.05, 4.69) is 8.80 Å². The molecule has 0 aromatic carbocycles. The predicted molar refractivity (Wildman–Crippen MR) is 24.3 cm³/mol. The van der Waals surface area contributed by atoms with Crippen molar-refractivity contribution in [2.45, 2.75) is 0 Å². The SMILES string of the molecule is C1=NS[N+]=C1. The Hall–Kier alpha value is -0.310. The molecule has 1 aliphatic heterocycles. The van der Waals surface area contributed by atoms with Crippen LogP contribution in [-0.4, -0.2) is 12.4 Å². The van der Waals surface area contributed by atoms with Gasteiger partial charge in [-0.15, -0.1) is 4.40 Å². The molecule has 0 N–H and O–H groups in total. The van der Waals surface area contributed by atoms with Gasteiger partial charge in [0.1, 0.15) is 10.6 Å². The fourth-order valence-electron chi connectivity index (χ4n) is 0.136. The first-order valence-electron chi connectivity index (χ1n) is 1.21. The van der Waals surface area contributed by atoms with Gasteiger partial charge in [-0.1, -0.05) is 0 Å². The third-order valence-electron chi connectivity index (χ3n) is 0.283. The molecule has 0 aliphatic carbocycles. The van der Waals surface area contributed by atoms with Crippen LogP contribution >= 0.6 is 12.1 Å². The van der Waals surface area contributed by atoms with Crippen molar-refractivity contribution >= 4 is 24.6 Å². The number of hydrogen-bond acceptors (Lipinski definition) is 3. The van der Waals surface area contributed by atoms with Crippen molar-refractivity contribution in [2.75, 3.05) is 0 Å². The van der Waals surface area contributed by atoms with E-state index in [0.717, 1.165) is 0 Å². The molecule has 0 aromatic heterocycles. The van der Waals surface area contributed by atoms with Crippen molar-refractivity contribution in [2.24, 2.45) is 4.40 Å². The van der Waals surface area contributed by atoms with Gasteiger partial charge in [-0.25, -0.2) is 0 Å². The molecule has 0 saturated heterocycles. The van der Waals surface area contributed by atoms with Gasteiger partial charge in [0.15, 0.2) is 0 Å². The minimum Gasteiger partial charge on any atom is -0.147 e. The van der Waals surface area contributed by atoms with Crippen LogP contribution in [-0.2, 0) is 0 Å². The number of nitrogens with zero attached hydrogens (tertiary/aromatic N) is 2. The van der Waals surface area contributed by atoms with Gasteiger partial charge < -0.3 is 0 Å². The van der Waals surface area contributed by atoms with Crippen molar-refractivity contribution < 1.29 is 0 Å². The second-order valence-electron chi connectivity index (χ2n) is 0.591. The van der Waals surface area contributed by atoms with E-state index in [9.17, 15) is 0 Å². The molecule has 0 saturated carbocycles. The molecular weight excluding hydrogens is 84.1 g/mol. The van der Waals surface area contributed by atoms with Crippen molar-refractivity contribution in [1.29, 1.82) is 0 Å². The summed E-state index contributed by atoms with van der Waals surface area (Å²) in [6.45, 7) is 0. The van der Waals surface area contributed by atoms with Crippen molar-refractivity contribution in [3.05, 3.63) is 0 Å². The van der Waals surface area contributed by atoms with Crippen LogP contribution in [0.1, 0.15) is 0 Å². The molecule has 0 spiro atoms. The third kappa shape index (κ3) is 0.479. The Morgan fingerprint density at radius 3 is 3.00 bits per heavy atom. The van der Waals surface area contributed by atoms with E-state index in [1.165, 1.54) is 12.1 Å². The van der Waals surface area contributed by atoms with Crippen LogP contribution in [0.3, 0.4) is 0 Å². The zero-order valence-electron chi connectivity index (χ0n) is 2.46. The Kier molecular flexibility index (Phi) is 0.705. The van der Waals surface area contributed by atoms with Crippen molar-refractivity contribution in [1.82, 2.24) is 4.40 Å². The molecule has 1 radical (unpaired) electrons. The summed E-state index contributed by atoms with van der Waals surface area (Å²) in [6, 6.07) is 0. The van der Waals surface area contributed by atoms with Crippen molar-refractivity contribution in [3.8, 4) is 0 Å². The lowest BCUT2D eigenvalue weighted by Crippen LogP contribution is -1.67. The van der Waals surface area contributed by atoms with Gasteiger partial charge in [-0.3, -0.25) is 0 Å². The molecule has 0 aromatic rings. The van der Waals surface area contributed by atoms with Gasteiger partial charge in [0.2, 0.25) is 0 Å². The predicted octanol–water partition coefficient (Wildman–Crippen LogP) is 0.0406. The van der Waals surface area contributed by atoms with Gasteiger partial charge in [-0.05, 0) is 0 Å². The van der Waals surface area contributed by atoms with Gasteiger partial charge in [0.05, 0.1) is 0 Å². The topological polar surface area (TPSA) is 26.5 Å². The highest BCUT2D eigenvalue weighted by molar-refractivity contribution is 7.96. The van der Waals surface area contributed by atoms with Crippen LogP contribution in [0.15, 0.2) is 4.40 Å². The molecule has 3 heteroatoms. The monoisotopic (exact) mass is 86.0 g/mol. The van der Waals surface area contributed by atoms with E-state index in [1.807, 2.05) is 0 Å². The summed E-state index contributed by atoms with van der Waals surface area (Å²) in [5, 5.41) is 0. The molecule has 0 atom stereocenters. The molecule has 2 nitrogen and oxygen atoms in total. The van der Waals surface area contributed by atoms with Gasteiger partial charge >= 0.3 is 12.1 Å². The van der Waals surface area contributed by atoms with Crippen molar-refractivity contribution in [3.63, 3.8) is 0 Å². The number of rotatable bonds is 0. The molecule has 0 amide bonds. The van der Waals surface area contributed by atoms with E-state index >= 15 is 0 Å². The molecule has 1 heterocycles. The third-order valence-corrected chi connectivity index (χ3v) is 0.715. The first kappa shape index (κ1) is 2.90. The van der Waals surface area contributed by atoms with E-state index in [-0.39, 0.29) is 0 Å². The summed E-state index contributed by atoms with van der Waals surface area (Å²) >= 11 is 1.21. The Morgan fingerprint density at radius 1 is 1.80 bits per heavy atom. The second-order valence-corrected chi connectivity index (χ2v) is 1.18. The molecule has 25 valence electrons. The molecular formula is C2H2N2S+. The maximum atomic E-state index is 3.65. The Balaban J connectivity index is 2.61. The fraction of sp³-hybridized carbons (Fsp3) is 0. The maximum absolute atomic E-state index is 3.65. The molecule has 0 unspecified atom stereocenters. The first-order valence-corrected chi connectivity index (χ1v) is 1.95. The second kappa shape index (κ2) is 1.21. The normalized spacial score (nSPS) is 17.6. The molecule has 5 heavy (non-hydrogen) atoms. The molecule has 0 bridgehead atoms. The van der Waals surface area contributed by atoms with Crippen LogP contribution < -0.4 is 4.40 Å². The highest BCUT2D eigenvalue weighted by atomic mass is 32.2. The smallest absolute Gasteiger partial charge is 0.147 e. The minimum absolute atomic E-state index is 1.21. The Morgan fingerprint density at radius 2 is 2.80 bits per heavy atom. The summed E-state index contributed by atoms with van der Waals surface area (Å²) in [4.78, 5) is 0. The quantitative estimate of drug-likeness (QED) is 0.382. The average Bonchev–Trinajstić information content (AvgIpc) is 1.76. The van der Waals surface area contributed by atoms with E-state index in [4.69, 9.17) is 0 Å².